The van der Waals surface area contributed by atoms with Gasteiger partial charge in [0.25, 0.3) is 0 Å². The van der Waals surface area contributed by atoms with Crippen molar-refractivity contribution in [3.05, 3.63) is 70.2 Å². The predicted octanol–water partition coefficient (Wildman–Crippen LogP) is 4.61. The van der Waals surface area contributed by atoms with Gasteiger partial charge >= 0.3 is 6.18 Å². The summed E-state index contributed by atoms with van der Waals surface area (Å²) < 4.78 is 37.9. The fraction of sp³-hybridized carbons (Fsp3) is 0.222. The molecule has 25 heavy (non-hydrogen) atoms. The monoisotopic (exact) mass is 366 g/mol. The van der Waals surface area contributed by atoms with Crippen LogP contribution < -0.4 is 5.43 Å². The summed E-state index contributed by atoms with van der Waals surface area (Å²) in [5.41, 5.74) is 2.80. The molecule has 1 fully saturated rings. The van der Waals surface area contributed by atoms with Gasteiger partial charge < -0.3 is 0 Å². The number of nitrogens with zero attached hydrogens (tertiary/aromatic N) is 1. The van der Waals surface area contributed by atoms with E-state index < -0.39 is 11.7 Å². The maximum absolute atomic E-state index is 12.6. The topological polar surface area (TPSA) is 41.5 Å². The molecule has 0 bridgehead atoms. The summed E-state index contributed by atoms with van der Waals surface area (Å²) >= 11 is 6.11. The van der Waals surface area contributed by atoms with E-state index in [2.05, 4.69) is 10.5 Å². The summed E-state index contributed by atoms with van der Waals surface area (Å²) in [7, 11) is 0. The Hall–Kier alpha value is -2.34. The van der Waals surface area contributed by atoms with Gasteiger partial charge in [0.15, 0.2) is 0 Å². The number of carbonyl (C=O) groups excluding carboxylic acids is 1. The number of hydrazone groups is 1. The van der Waals surface area contributed by atoms with Gasteiger partial charge in [-0.1, -0.05) is 41.9 Å². The number of halogens is 4. The Kier molecular flexibility index (Phi) is 4.81. The quantitative estimate of drug-likeness (QED) is 0.623. The molecular formula is C18H14ClF3N2O. The van der Waals surface area contributed by atoms with Crippen molar-refractivity contribution in [2.45, 2.75) is 18.5 Å². The molecule has 7 heteroatoms. The standard InChI is InChI=1S/C18H14ClF3N2O/c19-16-7-2-1-6-13(16)14-9-15(14)17(25)24-23-10-11-4-3-5-12(8-11)18(20,21)22/h1-8,10,14-15H,9H2,(H,24,25)/b23-10+. The van der Waals surface area contributed by atoms with E-state index in [0.717, 1.165) is 17.7 Å². The van der Waals surface area contributed by atoms with Gasteiger partial charge in [-0.25, -0.2) is 5.43 Å². The van der Waals surface area contributed by atoms with Gasteiger partial charge in [-0.15, -0.1) is 0 Å². The van der Waals surface area contributed by atoms with E-state index in [9.17, 15) is 18.0 Å². The molecule has 2 atom stereocenters. The molecule has 2 aromatic rings. The van der Waals surface area contributed by atoms with Crippen LogP contribution in [0.25, 0.3) is 0 Å². The summed E-state index contributed by atoms with van der Waals surface area (Å²) in [6.45, 7) is 0. The third-order valence-corrected chi connectivity index (χ3v) is 4.38. The average molecular weight is 367 g/mol. The van der Waals surface area contributed by atoms with Crippen LogP contribution in [-0.4, -0.2) is 12.1 Å². The van der Waals surface area contributed by atoms with Crippen LogP contribution >= 0.6 is 11.6 Å². The lowest BCUT2D eigenvalue weighted by atomic mass is 10.1. The summed E-state index contributed by atoms with van der Waals surface area (Å²) in [4.78, 5) is 12.1. The fourth-order valence-electron chi connectivity index (χ4n) is 2.65. The van der Waals surface area contributed by atoms with Crippen LogP contribution in [0, 0.1) is 5.92 Å². The number of hydrogen-bond acceptors (Lipinski definition) is 2. The van der Waals surface area contributed by atoms with E-state index >= 15 is 0 Å². The van der Waals surface area contributed by atoms with Gasteiger partial charge in [0.1, 0.15) is 0 Å². The van der Waals surface area contributed by atoms with Gasteiger partial charge in [0, 0.05) is 10.9 Å². The lowest BCUT2D eigenvalue weighted by molar-refractivity contribution is -0.137. The highest BCUT2D eigenvalue weighted by Gasteiger charge is 2.44. The maximum atomic E-state index is 12.6. The Balaban J connectivity index is 1.59. The number of carbonyl (C=O) groups is 1. The Morgan fingerprint density at radius 2 is 1.96 bits per heavy atom. The van der Waals surface area contributed by atoms with Crippen LogP contribution in [0.15, 0.2) is 53.6 Å². The zero-order chi connectivity index (χ0) is 18.0. The molecule has 2 unspecified atom stereocenters. The van der Waals surface area contributed by atoms with Crippen LogP contribution in [0.1, 0.15) is 29.0 Å². The summed E-state index contributed by atoms with van der Waals surface area (Å²) in [5, 5.41) is 4.37. The van der Waals surface area contributed by atoms with E-state index in [0.29, 0.717) is 11.4 Å². The number of rotatable bonds is 4. The number of benzene rings is 2. The molecule has 1 aliphatic rings. The van der Waals surface area contributed by atoms with E-state index in [1.807, 2.05) is 18.2 Å². The second kappa shape index (κ2) is 6.88. The fourth-order valence-corrected chi connectivity index (χ4v) is 2.93. The lowest BCUT2D eigenvalue weighted by Gasteiger charge is -2.06. The van der Waals surface area contributed by atoms with E-state index in [1.165, 1.54) is 18.3 Å². The highest BCUT2D eigenvalue weighted by Crippen LogP contribution is 2.49. The van der Waals surface area contributed by atoms with Gasteiger partial charge in [-0.05, 0) is 41.7 Å². The van der Waals surface area contributed by atoms with Crippen LogP contribution in [0.2, 0.25) is 5.02 Å². The smallest absolute Gasteiger partial charge is 0.273 e. The SMILES string of the molecule is O=C(N/N=C/c1cccc(C(F)(F)F)c1)C1CC1c1ccccc1Cl. The number of alkyl halides is 3. The Morgan fingerprint density at radius 1 is 1.20 bits per heavy atom. The molecule has 0 aliphatic heterocycles. The van der Waals surface area contributed by atoms with E-state index in [4.69, 9.17) is 11.6 Å². The molecule has 1 saturated carbocycles. The molecule has 0 heterocycles. The minimum atomic E-state index is -4.41. The van der Waals surface area contributed by atoms with Crippen LogP contribution in [0.4, 0.5) is 13.2 Å². The lowest BCUT2D eigenvalue weighted by Crippen LogP contribution is -2.20. The first-order valence-corrected chi connectivity index (χ1v) is 7.98. The van der Waals surface area contributed by atoms with Gasteiger partial charge in [-0.3, -0.25) is 4.79 Å². The second-order valence-electron chi connectivity index (χ2n) is 5.83. The van der Waals surface area contributed by atoms with Crippen LogP contribution in [-0.2, 0) is 11.0 Å². The molecule has 1 amide bonds. The maximum Gasteiger partial charge on any atom is 0.416 e. The van der Waals surface area contributed by atoms with E-state index in [1.54, 1.807) is 6.07 Å². The first-order valence-electron chi connectivity index (χ1n) is 7.61. The summed E-state index contributed by atoms with van der Waals surface area (Å²) in [6.07, 6.45) is -2.54. The minimum Gasteiger partial charge on any atom is -0.273 e. The Bertz CT molecular complexity index is 820. The highest BCUT2D eigenvalue weighted by molar-refractivity contribution is 6.31. The molecule has 1 aliphatic carbocycles. The molecule has 0 radical (unpaired) electrons. The molecule has 2 aromatic carbocycles. The largest absolute Gasteiger partial charge is 0.416 e. The van der Waals surface area contributed by atoms with Crippen LogP contribution in [0.3, 0.4) is 0 Å². The number of nitrogens with one attached hydrogen (secondary N) is 1. The summed E-state index contributed by atoms with van der Waals surface area (Å²) in [6, 6.07) is 12.1. The van der Waals surface area contributed by atoms with Crippen molar-refractivity contribution in [2.24, 2.45) is 11.0 Å². The second-order valence-corrected chi connectivity index (χ2v) is 6.23. The predicted molar refractivity (Wildman–Crippen MR) is 89.5 cm³/mol. The number of hydrogen-bond donors (Lipinski definition) is 1. The first kappa shape index (κ1) is 17.5. The van der Waals surface area contributed by atoms with Crippen molar-refractivity contribution in [3.8, 4) is 0 Å². The minimum absolute atomic E-state index is 0.0532. The van der Waals surface area contributed by atoms with Gasteiger partial charge in [-0.2, -0.15) is 18.3 Å². The van der Waals surface area contributed by atoms with Crippen molar-refractivity contribution < 1.29 is 18.0 Å². The molecule has 0 aromatic heterocycles. The first-order chi connectivity index (χ1) is 11.9. The molecular weight excluding hydrogens is 353 g/mol. The summed E-state index contributed by atoms with van der Waals surface area (Å²) in [5.74, 6) is -0.441. The molecule has 3 rings (SSSR count). The van der Waals surface area contributed by atoms with Crippen molar-refractivity contribution in [3.63, 3.8) is 0 Å². The third-order valence-electron chi connectivity index (χ3n) is 4.03. The van der Waals surface area contributed by atoms with E-state index in [-0.39, 0.29) is 23.3 Å². The van der Waals surface area contributed by atoms with Gasteiger partial charge in [0.2, 0.25) is 5.91 Å². The molecule has 0 saturated heterocycles. The molecule has 3 nitrogen and oxygen atoms in total. The zero-order valence-electron chi connectivity index (χ0n) is 12.9. The number of amides is 1. The van der Waals surface area contributed by atoms with Gasteiger partial charge in [0.05, 0.1) is 11.8 Å². The normalized spacial score (nSPS) is 19.8. The average Bonchev–Trinajstić information content (AvgIpc) is 3.35. The Morgan fingerprint density at radius 3 is 2.68 bits per heavy atom. The highest BCUT2D eigenvalue weighted by atomic mass is 35.5. The van der Waals surface area contributed by atoms with Crippen molar-refractivity contribution in [1.82, 2.24) is 5.43 Å². The third kappa shape index (κ3) is 4.20. The van der Waals surface area contributed by atoms with Crippen molar-refractivity contribution in [2.75, 3.05) is 0 Å². The van der Waals surface area contributed by atoms with Crippen molar-refractivity contribution in [1.29, 1.82) is 0 Å². The van der Waals surface area contributed by atoms with Crippen LogP contribution in [0.5, 0.6) is 0 Å². The Labute approximate surface area is 147 Å². The molecule has 0 spiro atoms. The molecule has 130 valence electrons. The molecule has 1 N–H and O–H groups in total. The van der Waals surface area contributed by atoms with Crippen molar-refractivity contribution >= 4 is 23.7 Å². The zero-order valence-corrected chi connectivity index (χ0v) is 13.7.